The first-order valence-electron chi connectivity index (χ1n) is 5.95. The average molecular weight is 402 g/mol. The summed E-state index contributed by atoms with van der Waals surface area (Å²) < 4.78 is 19.9. The van der Waals surface area contributed by atoms with E-state index < -0.39 is 5.82 Å². The predicted molar refractivity (Wildman–Crippen MR) is 82.8 cm³/mol. The number of halogens is 3. The number of carbonyl (C=O) groups is 1. The molecule has 0 unspecified atom stereocenters. The molecule has 5 heteroatoms. The van der Waals surface area contributed by atoms with Crippen LogP contribution in [0.5, 0.6) is 5.75 Å². The second-order valence-electron chi connectivity index (χ2n) is 4.00. The van der Waals surface area contributed by atoms with Crippen LogP contribution < -0.4 is 4.74 Å². The average Bonchev–Trinajstić information content (AvgIpc) is 2.43. The number of hydrogen-bond acceptors (Lipinski definition) is 2. The number of rotatable bonds is 4. The van der Waals surface area contributed by atoms with Crippen LogP contribution in [0, 0.1) is 5.82 Å². The van der Waals surface area contributed by atoms with Crippen LogP contribution in [0.3, 0.4) is 0 Å². The molecule has 0 spiro atoms. The second kappa shape index (κ2) is 6.50. The van der Waals surface area contributed by atoms with Gasteiger partial charge in [0.15, 0.2) is 5.78 Å². The maximum atomic E-state index is 13.5. The van der Waals surface area contributed by atoms with Gasteiger partial charge in [0, 0.05) is 10.0 Å². The van der Waals surface area contributed by atoms with Crippen LogP contribution in [0.2, 0.25) is 0 Å². The van der Waals surface area contributed by atoms with E-state index in [2.05, 4.69) is 31.9 Å². The standard InChI is InChI=1S/C15H11Br2FO2/c1-2-20-13-7-6-9(16)8-11(13)15(19)10-4-3-5-12(18)14(10)17/h3-8H,2H2,1H3. The Labute approximate surface area is 133 Å². The van der Waals surface area contributed by atoms with E-state index in [9.17, 15) is 9.18 Å². The van der Waals surface area contributed by atoms with Gasteiger partial charge in [0.05, 0.1) is 16.6 Å². The molecule has 0 heterocycles. The molecular weight excluding hydrogens is 391 g/mol. The van der Waals surface area contributed by atoms with E-state index in [0.29, 0.717) is 17.9 Å². The Morgan fingerprint density at radius 2 is 1.95 bits per heavy atom. The lowest BCUT2D eigenvalue weighted by molar-refractivity contribution is 0.103. The normalized spacial score (nSPS) is 10.4. The summed E-state index contributed by atoms with van der Waals surface area (Å²) in [4.78, 5) is 12.6. The first kappa shape index (κ1) is 15.2. The van der Waals surface area contributed by atoms with Gasteiger partial charge in [0.2, 0.25) is 0 Å². The second-order valence-corrected chi connectivity index (χ2v) is 5.71. The molecule has 0 saturated carbocycles. The van der Waals surface area contributed by atoms with Gasteiger partial charge in [-0.15, -0.1) is 0 Å². The maximum Gasteiger partial charge on any atom is 0.198 e. The van der Waals surface area contributed by atoms with Crippen molar-refractivity contribution in [3.63, 3.8) is 0 Å². The monoisotopic (exact) mass is 400 g/mol. The summed E-state index contributed by atoms with van der Waals surface area (Å²) in [5, 5.41) is 0. The topological polar surface area (TPSA) is 26.3 Å². The Bertz CT molecular complexity index is 656. The molecule has 0 amide bonds. The minimum atomic E-state index is -0.469. The van der Waals surface area contributed by atoms with Gasteiger partial charge in [-0.1, -0.05) is 22.0 Å². The Hall–Kier alpha value is -1.20. The van der Waals surface area contributed by atoms with Crippen molar-refractivity contribution < 1.29 is 13.9 Å². The lowest BCUT2D eigenvalue weighted by Gasteiger charge is -2.11. The Balaban J connectivity index is 2.52. The van der Waals surface area contributed by atoms with Crippen molar-refractivity contribution in [2.75, 3.05) is 6.61 Å². The highest BCUT2D eigenvalue weighted by molar-refractivity contribution is 9.10. The molecule has 20 heavy (non-hydrogen) atoms. The largest absolute Gasteiger partial charge is 0.493 e. The molecule has 2 nitrogen and oxygen atoms in total. The van der Waals surface area contributed by atoms with E-state index in [1.807, 2.05) is 6.92 Å². The highest BCUT2D eigenvalue weighted by atomic mass is 79.9. The zero-order valence-corrected chi connectivity index (χ0v) is 13.8. The van der Waals surface area contributed by atoms with Crippen LogP contribution in [0.25, 0.3) is 0 Å². The van der Waals surface area contributed by atoms with Crippen molar-refractivity contribution in [3.8, 4) is 5.75 Å². The number of benzene rings is 2. The van der Waals surface area contributed by atoms with Crippen LogP contribution in [0.15, 0.2) is 45.3 Å². The van der Waals surface area contributed by atoms with Crippen LogP contribution in [-0.2, 0) is 0 Å². The van der Waals surface area contributed by atoms with E-state index in [1.165, 1.54) is 12.1 Å². The quantitative estimate of drug-likeness (QED) is 0.675. The van der Waals surface area contributed by atoms with Crippen molar-refractivity contribution in [1.29, 1.82) is 0 Å². The van der Waals surface area contributed by atoms with Gasteiger partial charge >= 0.3 is 0 Å². The van der Waals surface area contributed by atoms with Crippen molar-refractivity contribution in [3.05, 3.63) is 62.3 Å². The summed E-state index contributed by atoms with van der Waals surface area (Å²) >= 11 is 6.44. The molecule has 0 bridgehead atoms. The van der Waals surface area contributed by atoms with Crippen LogP contribution in [-0.4, -0.2) is 12.4 Å². The lowest BCUT2D eigenvalue weighted by atomic mass is 10.0. The molecular formula is C15H11Br2FO2. The van der Waals surface area contributed by atoms with Gasteiger partial charge < -0.3 is 4.74 Å². The highest BCUT2D eigenvalue weighted by Gasteiger charge is 2.19. The van der Waals surface area contributed by atoms with Crippen molar-refractivity contribution in [2.24, 2.45) is 0 Å². The molecule has 0 aliphatic carbocycles. The zero-order valence-electron chi connectivity index (χ0n) is 10.6. The first-order valence-corrected chi connectivity index (χ1v) is 7.54. The summed E-state index contributed by atoms with van der Waals surface area (Å²) in [7, 11) is 0. The van der Waals surface area contributed by atoms with Crippen LogP contribution >= 0.6 is 31.9 Å². The maximum absolute atomic E-state index is 13.5. The summed E-state index contributed by atoms with van der Waals surface area (Å²) in [6.45, 7) is 2.29. The van der Waals surface area contributed by atoms with Gasteiger partial charge in [0.25, 0.3) is 0 Å². The van der Waals surface area contributed by atoms with Crippen molar-refractivity contribution >= 4 is 37.6 Å². The minimum Gasteiger partial charge on any atom is -0.493 e. The molecule has 0 aromatic heterocycles. The van der Waals surface area contributed by atoms with Crippen LogP contribution in [0.1, 0.15) is 22.8 Å². The van der Waals surface area contributed by atoms with Gasteiger partial charge in [-0.3, -0.25) is 4.79 Å². The summed E-state index contributed by atoms with van der Waals surface area (Å²) in [5.74, 6) is -0.276. The van der Waals surface area contributed by atoms with E-state index in [0.717, 1.165) is 4.47 Å². The fourth-order valence-corrected chi connectivity index (χ4v) is 2.59. The lowest BCUT2D eigenvalue weighted by Crippen LogP contribution is -2.07. The molecule has 2 aromatic rings. The van der Waals surface area contributed by atoms with Crippen LogP contribution in [0.4, 0.5) is 4.39 Å². The molecule has 0 aliphatic heterocycles. The first-order chi connectivity index (χ1) is 9.54. The molecule has 2 rings (SSSR count). The van der Waals surface area contributed by atoms with Gasteiger partial charge in [-0.25, -0.2) is 4.39 Å². The van der Waals surface area contributed by atoms with Gasteiger partial charge in [-0.2, -0.15) is 0 Å². The third-order valence-electron chi connectivity index (χ3n) is 2.68. The summed E-state index contributed by atoms with van der Waals surface area (Å²) in [6.07, 6.45) is 0. The molecule has 0 aliphatic rings. The molecule has 0 fully saturated rings. The highest BCUT2D eigenvalue weighted by Crippen LogP contribution is 2.29. The van der Waals surface area contributed by atoms with E-state index in [1.54, 1.807) is 24.3 Å². The Kier molecular flexibility index (Phi) is 4.94. The fourth-order valence-electron chi connectivity index (χ4n) is 1.79. The summed E-state index contributed by atoms with van der Waals surface area (Å²) in [6, 6.07) is 9.56. The third-order valence-corrected chi connectivity index (χ3v) is 3.98. The fraction of sp³-hybridized carbons (Fsp3) is 0.133. The molecule has 0 N–H and O–H groups in total. The Morgan fingerprint density at radius 3 is 2.65 bits per heavy atom. The van der Waals surface area contributed by atoms with E-state index in [-0.39, 0.29) is 15.8 Å². The number of ketones is 1. The smallest absolute Gasteiger partial charge is 0.198 e. The summed E-state index contributed by atoms with van der Waals surface area (Å²) in [5.41, 5.74) is 0.663. The van der Waals surface area contributed by atoms with E-state index in [4.69, 9.17) is 4.74 Å². The number of carbonyl (C=O) groups excluding carboxylic acids is 1. The number of hydrogen-bond donors (Lipinski definition) is 0. The molecule has 2 aromatic carbocycles. The van der Waals surface area contributed by atoms with Gasteiger partial charge in [0.1, 0.15) is 11.6 Å². The SMILES string of the molecule is CCOc1ccc(Br)cc1C(=O)c1cccc(F)c1Br. The molecule has 0 saturated heterocycles. The van der Waals surface area contributed by atoms with Gasteiger partial charge in [-0.05, 0) is 53.2 Å². The van der Waals surface area contributed by atoms with Crippen molar-refractivity contribution in [2.45, 2.75) is 6.92 Å². The minimum absolute atomic E-state index is 0.160. The Morgan fingerprint density at radius 1 is 1.20 bits per heavy atom. The molecule has 0 atom stereocenters. The molecule has 0 radical (unpaired) electrons. The predicted octanol–water partition coefficient (Wildman–Crippen LogP) is 4.98. The third kappa shape index (κ3) is 3.10. The number of ether oxygens (including phenoxy) is 1. The molecule has 104 valence electrons. The zero-order chi connectivity index (χ0) is 14.7. The van der Waals surface area contributed by atoms with Crippen molar-refractivity contribution in [1.82, 2.24) is 0 Å². The van der Waals surface area contributed by atoms with E-state index >= 15 is 0 Å².